The summed E-state index contributed by atoms with van der Waals surface area (Å²) in [5.74, 6) is 0.524. The van der Waals surface area contributed by atoms with Crippen LogP contribution in [0.5, 0.6) is 0 Å². The maximum absolute atomic E-state index is 4.72. The van der Waals surface area contributed by atoms with E-state index in [0.717, 1.165) is 53.7 Å². The molecular formula is C23H21N5S. The third kappa shape index (κ3) is 2.87. The van der Waals surface area contributed by atoms with Crippen molar-refractivity contribution in [1.29, 1.82) is 0 Å². The lowest BCUT2D eigenvalue weighted by Gasteiger charge is -2.22. The van der Waals surface area contributed by atoms with Gasteiger partial charge in [-0.1, -0.05) is 12.1 Å². The van der Waals surface area contributed by atoms with Crippen LogP contribution in [0.2, 0.25) is 0 Å². The van der Waals surface area contributed by atoms with E-state index in [4.69, 9.17) is 4.98 Å². The van der Waals surface area contributed by atoms with E-state index >= 15 is 0 Å². The predicted molar refractivity (Wildman–Crippen MR) is 119 cm³/mol. The quantitative estimate of drug-likeness (QED) is 0.385. The van der Waals surface area contributed by atoms with Crippen molar-refractivity contribution < 1.29 is 0 Å². The predicted octanol–water partition coefficient (Wildman–Crippen LogP) is 5.30. The molecule has 3 N–H and O–H groups in total. The van der Waals surface area contributed by atoms with Crippen molar-refractivity contribution in [2.45, 2.75) is 18.8 Å². The van der Waals surface area contributed by atoms with Crippen LogP contribution in [0.15, 0.2) is 53.4 Å². The molecule has 0 radical (unpaired) electrons. The zero-order valence-electron chi connectivity index (χ0n) is 15.9. The number of hydrogen-bond donors (Lipinski definition) is 3. The molecule has 29 heavy (non-hydrogen) atoms. The van der Waals surface area contributed by atoms with Gasteiger partial charge in [-0.15, -0.1) is 0 Å². The zero-order chi connectivity index (χ0) is 19.2. The Hall–Kier alpha value is -2.96. The number of aromatic amines is 2. The highest BCUT2D eigenvalue weighted by atomic mass is 32.1. The summed E-state index contributed by atoms with van der Waals surface area (Å²) in [6.07, 6.45) is 4.22. The van der Waals surface area contributed by atoms with Gasteiger partial charge in [-0.05, 0) is 72.1 Å². The molecule has 0 saturated carbocycles. The number of benzene rings is 1. The fourth-order valence-electron chi connectivity index (χ4n) is 4.43. The Labute approximate surface area is 172 Å². The van der Waals surface area contributed by atoms with Crippen molar-refractivity contribution in [3.8, 4) is 22.5 Å². The smallest absolute Gasteiger partial charge is 0.116 e. The highest BCUT2D eigenvalue weighted by Crippen LogP contribution is 2.35. The lowest BCUT2D eigenvalue weighted by molar-refractivity contribution is 0.453. The zero-order valence-corrected chi connectivity index (χ0v) is 16.7. The van der Waals surface area contributed by atoms with Crippen LogP contribution in [0.4, 0.5) is 0 Å². The van der Waals surface area contributed by atoms with Gasteiger partial charge in [-0.25, -0.2) is 0 Å². The van der Waals surface area contributed by atoms with Crippen LogP contribution in [-0.4, -0.2) is 33.3 Å². The Bertz CT molecular complexity index is 1290. The van der Waals surface area contributed by atoms with Crippen molar-refractivity contribution in [2.24, 2.45) is 0 Å². The van der Waals surface area contributed by atoms with E-state index in [-0.39, 0.29) is 0 Å². The molecule has 0 unspecified atom stereocenters. The highest BCUT2D eigenvalue weighted by Gasteiger charge is 2.19. The van der Waals surface area contributed by atoms with Gasteiger partial charge in [0.1, 0.15) is 5.69 Å². The van der Waals surface area contributed by atoms with Gasteiger partial charge in [0.15, 0.2) is 0 Å². The summed E-state index contributed by atoms with van der Waals surface area (Å²) in [6, 6.07) is 13.1. The van der Waals surface area contributed by atoms with Crippen LogP contribution in [0, 0.1) is 0 Å². The first-order valence-electron chi connectivity index (χ1n) is 10.1. The van der Waals surface area contributed by atoms with Gasteiger partial charge in [-0.2, -0.15) is 16.4 Å². The minimum Gasteiger partial charge on any atom is -0.353 e. The first-order valence-corrected chi connectivity index (χ1v) is 11.0. The lowest BCUT2D eigenvalue weighted by atomic mass is 9.93. The molecule has 1 aliphatic heterocycles. The number of thiophene rings is 1. The average Bonchev–Trinajstić information content (AvgIpc) is 3.52. The highest BCUT2D eigenvalue weighted by molar-refractivity contribution is 7.08. The topological polar surface area (TPSA) is 69.4 Å². The number of hydrogen-bond acceptors (Lipinski definition) is 4. The van der Waals surface area contributed by atoms with Crippen molar-refractivity contribution >= 4 is 33.1 Å². The molecule has 5 nitrogen and oxygen atoms in total. The summed E-state index contributed by atoms with van der Waals surface area (Å²) in [6.45, 7) is 2.13. The van der Waals surface area contributed by atoms with E-state index in [9.17, 15) is 0 Å². The maximum Gasteiger partial charge on any atom is 0.116 e. The Morgan fingerprint density at radius 1 is 1.00 bits per heavy atom. The van der Waals surface area contributed by atoms with Gasteiger partial charge in [0.05, 0.1) is 17.4 Å². The molecular weight excluding hydrogens is 378 g/mol. The maximum atomic E-state index is 4.72. The number of H-pyrrole nitrogens is 2. The molecule has 0 bridgehead atoms. The fourth-order valence-corrected chi connectivity index (χ4v) is 5.09. The molecule has 4 aromatic heterocycles. The molecule has 1 aromatic carbocycles. The van der Waals surface area contributed by atoms with Crippen LogP contribution in [0.1, 0.15) is 24.5 Å². The van der Waals surface area contributed by atoms with E-state index in [0.29, 0.717) is 5.92 Å². The molecule has 6 rings (SSSR count). The van der Waals surface area contributed by atoms with E-state index in [1.54, 1.807) is 11.3 Å². The number of aromatic nitrogens is 4. The second-order valence-corrected chi connectivity index (χ2v) is 8.49. The molecule has 1 aliphatic rings. The van der Waals surface area contributed by atoms with Crippen molar-refractivity contribution in [2.75, 3.05) is 13.1 Å². The lowest BCUT2D eigenvalue weighted by Crippen LogP contribution is -2.27. The van der Waals surface area contributed by atoms with Gasteiger partial charge in [0, 0.05) is 27.9 Å². The number of piperidine rings is 1. The Balaban J connectivity index is 1.48. The largest absolute Gasteiger partial charge is 0.353 e. The first kappa shape index (κ1) is 16.9. The molecule has 0 spiro atoms. The van der Waals surface area contributed by atoms with E-state index in [1.165, 1.54) is 22.2 Å². The summed E-state index contributed by atoms with van der Waals surface area (Å²) in [5, 5.41) is 17.9. The summed E-state index contributed by atoms with van der Waals surface area (Å²) in [7, 11) is 0. The fraction of sp³-hybridized carbons (Fsp3) is 0.217. The third-order valence-corrected chi connectivity index (χ3v) is 6.66. The van der Waals surface area contributed by atoms with Gasteiger partial charge < -0.3 is 10.3 Å². The van der Waals surface area contributed by atoms with E-state index < -0.39 is 0 Å². The Morgan fingerprint density at radius 3 is 2.79 bits per heavy atom. The van der Waals surface area contributed by atoms with Crippen LogP contribution < -0.4 is 5.32 Å². The Morgan fingerprint density at radius 2 is 1.93 bits per heavy atom. The summed E-state index contributed by atoms with van der Waals surface area (Å²) >= 11 is 1.73. The minimum absolute atomic E-state index is 0.524. The van der Waals surface area contributed by atoms with Gasteiger partial charge in [0.2, 0.25) is 0 Å². The second kappa shape index (κ2) is 6.83. The molecule has 1 fully saturated rings. The SMILES string of the molecule is c1cc(-c2ccsc2)c2cc(-c3n[nH]c4cnc(C5CCNCC5)cc34)[nH]c2c1. The first-order chi connectivity index (χ1) is 14.4. The van der Waals surface area contributed by atoms with Gasteiger partial charge >= 0.3 is 0 Å². The average molecular weight is 400 g/mol. The molecule has 5 aromatic rings. The summed E-state index contributed by atoms with van der Waals surface area (Å²) in [4.78, 5) is 8.30. The monoisotopic (exact) mass is 399 g/mol. The standard InChI is InChI=1S/C23H21N5S/c1-2-16(15-6-9-29-13-15)17-10-21(26-19(17)3-1)23-18-11-20(14-4-7-24-8-5-14)25-12-22(18)27-28-23/h1-3,6,9-14,24,26H,4-5,7-8H2,(H,27,28). The van der Waals surface area contributed by atoms with Crippen molar-refractivity contribution in [3.05, 3.63) is 59.0 Å². The normalized spacial score (nSPS) is 15.4. The van der Waals surface area contributed by atoms with E-state index in [2.05, 4.69) is 67.7 Å². The van der Waals surface area contributed by atoms with Gasteiger partial charge in [0.25, 0.3) is 0 Å². The Kier molecular flexibility index (Phi) is 3.99. The van der Waals surface area contributed by atoms with Crippen LogP contribution in [0.25, 0.3) is 44.3 Å². The molecule has 6 heteroatoms. The molecule has 0 atom stereocenters. The number of nitrogens with one attached hydrogen (secondary N) is 3. The molecule has 0 amide bonds. The molecule has 0 aliphatic carbocycles. The third-order valence-electron chi connectivity index (χ3n) is 5.98. The van der Waals surface area contributed by atoms with Crippen LogP contribution in [0.3, 0.4) is 0 Å². The number of pyridine rings is 1. The summed E-state index contributed by atoms with van der Waals surface area (Å²) in [5.41, 5.74) is 7.80. The van der Waals surface area contributed by atoms with Crippen LogP contribution >= 0.6 is 11.3 Å². The summed E-state index contributed by atoms with van der Waals surface area (Å²) < 4.78 is 0. The number of fused-ring (bicyclic) bond motifs is 2. The molecule has 144 valence electrons. The molecule has 5 heterocycles. The molecule has 1 saturated heterocycles. The van der Waals surface area contributed by atoms with E-state index in [1.807, 2.05) is 6.20 Å². The number of nitrogens with zero attached hydrogens (tertiary/aromatic N) is 2. The van der Waals surface area contributed by atoms with Crippen molar-refractivity contribution in [3.63, 3.8) is 0 Å². The second-order valence-electron chi connectivity index (χ2n) is 7.71. The minimum atomic E-state index is 0.524. The number of rotatable bonds is 3. The van der Waals surface area contributed by atoms with Crippen molar-refractivity contribution in [1.82, 2.24) is 25.5 Å². The van der Waals surface area contributed by atoms with Crippen LogP contribution in [-0.2, 0) is 0 Å². The van der Waals surface area contributed by atoms with Gasteiger partial charge in [-0.3, -0.25) is 10.1 Å².